The molecule has 3 heterocycles. The largest absolute Gasteiger partial charge is 0.468 e. The van der Waals surface area contributed by atoms with Gasteiger partial charge in [-0.1, -0.05) is 36.4 Å². The van der Waals surface area contributed by atoms with Crippen LogP contribution in [0.3, 0.4) is 0 Å². The summed E-state index contributed by atoms with van der Waals surface area (Å²) in [6.07, 6.45) is 4.40. The molecule has 2 amide bonds. The van der Waals surface area contributed by atoms with Crippen molar-refractivity contribution in [3.8, 4) is 0 Å². The number of benzene rings is 1. The van der Waals surface area contributed by atoms with Crippen molar-refractivity contribution in [2.75, 3.05) is 19.6 Å². The number of hydrogen-bond donors (Lipinski definition) is 2. The molecule has 1 fully saturated rings. The predicted molar refractivity (Wildman–Crippen MR) is 121 cm³/mol. The van der Waals surface area contributed by atoms with Crippen LogP contribution in [0.4, 0.5) is 0 Å². The zero-order chi connectivity index (χ0) is 21.5. The first-order valence-electron chi connectivity index (χ1n) is 10.6. The van der Waals surface area contributed by atoms with Crippen LogP contribution in [0.5, 0.6) is 0 Å². The average molecular weight is 438 g/mol. The molecular formula is C24H27N3O3S. The maximum Gasteiger partial charge on any atom is 0.262 e. The molecule has 0 radical (unpaired) electrons. The third kappa shape index (κ3) is 5.62. The predicted octanol–water partition coefficient (Wildman–Crippen LogP) is 3.64. The maximum absolute atomic E-state index is 13.2. The van der Waals surface area contributed by atoms with Gasteiger partial charge in [0.1, 0.15) is 11.8 Å². The monoisotopic (exact) mass is 437 g/mol. The van der Waals surface area contributed by atoms with Crippen molar-refractivity contribution in [3.63, 3.8) is 0 Å². The molecule has 1 saturated heterocycles. The molecule has 0 saturated carbocycles. The lowest BCUT2D eigenvalue weighted by atomic mass is 10.0. The Morgan fingerprint density at radius 2 is 1.84 bits per heavy atom. The Kier molecular flexibility index (Phi) is 7.17. The molecule has 3 aromatic rings. The third-order valence-electron chi connectivity index (χ3n) is 5.57. The van der Waals surface area contributed by atoms with Gasteiger partial charge in [-0.25, -0.2) is 0 Å². The van der Waals surface area contributed by atoms with E-state index in [2.05, 4.69) is 15.5 Å². The van der Waals surface area contributed by atoms with Crippen molar-refractivity contribution in [3.05, 3.63) is 82.4 Å². The Morgan fingerprint density at radius 1 is 1.03 bits per heavy atom. The molecule has 7 heteroatoms. The number of rotatable bonds is 9. The normalized spacial score (nSPS) is 16.0. The van der Waals surface area contributed by atoms with Gasteiger partial charge in [-0.3, -0.25) is 14.5 Å². The minimum Gasteiger partial charge on any atom is -0.468 e. The number of likely N-dealkylation sites (tertiary alicyclic amines) is 1. The van der Waals surface area contributed by atoms with Crippen LogP contribution >= 0.6 is 11.3 Å². The van der Waals surface area contributed by atoms with Gasteiger partial charge in [0.25, 0.3) is 5.91 Å². The van der Waals surface area contributed by atoms with E-state index < -0.39 is 6.04 Å². The Balaban J connectivity index is 1.45. The summed E-state index contributed by atoms with van der Waals surface area (Å²) >= 11 is 1.36. The van der Waals surface area contributed by atoms with Crippen LogP contribution in [0, 0.1) is 0 Å². The summed E-state index contributed by atoms with van der Waals surface area (Å²) in [5, 5.41) is 7.84. The Hall–Kier alpha value is -2.90. The van der Waals surface area contributed by atoms with Crippen LogP contribution in [0.15, 0.2) is 70.7 Å². The molecule has 2 N–H and O–H groups in total. The van der Waals surface area contributed by atoms with Gasteiger partial charge < -0.3 is 15.1 Å². The van der Waals surface area contributed by atoms with Crippen molar-refractivity contribution < 1.29 is 14.0 Å². The number of carbonyl (C=O) groups is 2. The molecule has 0 bridgehead atoms. The lowest BCUT2D eigenvalue weighted by molar-refractivity contribution is -0.123. The summed E-state index contributed by atoms with van der Waals surface area (Å²) in [6, 6.07) is 16.5. The van der Waals surface area contributed by atoms with E-state index in [-0.39, 0.29) is 17.9 Å². The molecule has 2 atom stereocenters. The van der Waals surface area contributed by atoms with Gasteiger partial charge in [0.2, 0.25) is 5.91 Å². The van der Waals surface area contributed by atoms with Crippen molar-refractivity contribution in [1.29, 1.82) is 0 Å². The van der Waals surface area contributed by atoms with Crippen molar-refractivity contribution in [2.45, 2.75) is 31.3 Å². The third-order valence-corrected chi connectivity index (χ3v) is 6.44. The Labute approximate surface area is 186 Å². The molecule has 2 aromatic heterocycles. The van der Waals surface area contributed by atoms with E-state index in [1.165, 1.54) is 11.3 Å². The second-order valence-electron chi connectivity index (χ2n) is 7.71. The Morgan fingerprint density at radius 3 is 2.52 bits per heavy atom. The van der Waals surface area contributed by atoms with E-state index >= 15 is 0 Å². The molecule has 1 aromatic carbocycles. The van der Waals surface area contributed by atoms with Crippen molar-refractivity contribution >= 4 is 23.2 Å². The van der Waals surface area contributed by atoms with E-state index in [1.54, 1.807) is 12.3 Å². The molecule has 0 spiro atoms. The number of furan rings is 1. The summed E-state index contributed by atoms with van der Waals surface area (Å²) in [5.74, 6) is 0.433. The number of amides is 2. The average Bonchev–Trinajstić information content (AvgIpc) is 3.58. The fourth-order valence-corrected chi connectivity index (χ4v) is 4.59. The molecule has 6 nitrogen and oxygen atoms in total. The van der Waals surface area contributed by atoms with E-state index in [0.717, 1.165) is 37.3 Å². The fraction of sp³-hybridized carbons (Fsp3) is 0.333. The first-order valence-corrected chi connectivity index (χ1v) is 11.5. The van der Waals surface area contributed by atoms with Crippen molar-refractivity contribution in [1.82, 2.24) is 15.5 Å². The van der Waals surface area contributed by atoms with Crippen LogP contribution < -0.4 is 10.6 Å². The van der Waals surface area contributed by atoms with Gasteiger partial charge >= 0.3 is 0 Å². The van der Waals surface area contributed by atoms with Gasteiger partial charge in [0.15, 0.2) is 0 Å². The van der Waals surface area contributed by atoms with E-state index in [1.807, 2.05) is 53.9 Å². The van der Waals surface area contributed by atoms with Crippen LogP contribution in [-0.2, 0) is 11.2 Å². The fourth-order valence-electron chi connectivity index (χ4n) is 3.96. The SMILES string of the molecule is O=C(NC(Cc1ccccc1)C(=O)NCC(c1ccco1)N1CCCC1)c1cccs1. The molecule has 162 valence electrons. The number of nitrogens with one attached hydrogen (secondary N) is 2. The summed E-state index contributed by atoms with van der Waals surface area (Å²) < 4.78 is 5.65. The summed E-state index contributed by atoms with van der Waals surface area (Å²) in [5.41, 5.74) is 0.997. The van der Waals surface area contributed by atoms with Crippen LogP contribution in [0.2, 0.25) is 0 Å². The minimum atomic E-state index is -0.659. The van der Waals surface area contributed by atoms with Crippen LogP contribution in [-0.4, -0.2) is 42.4 Å². The first-order chi connectivity index (χ1) is 15.2. The number of carbonyl (C=O) groups excluding carboxylic acids is 2. The molecular weight excluding hydrogens is 410 g/mol. The van der Waals surface area contributed by atoms with Gasteiger partial charge in [-0.05, 0) is 55.1 Å². The van der Waals surface area contributed by atoms with Gasteiger partial charge in [0.05, 0.1) is 17.2 Å². The summed E-state index contributed by atoms with van der Waals surface area (Å²) in [4.78, 5) is 28.7. The highest BCUT2D eigenvalue weighted by molar-refractivity contribution is 7.12. The highest BCUT2D eigenvalue weighted by Crippen LogP contribution is 2.25. The number of thiophene rings is 1. The summed E-state index contributed by atoms with van der Waals surface area (Å²) in [6.45, 7) is 2.42. The minimum absolute atomic E-state index is 0.00757. The lowest BCUT2D eigenvalue weighted by Gasteiger charge is -2.27. The summed E-state index contributed by atoms with van der Waals surface area (Å²) in [7, 11) is 0. The second-order valence-corrected chi connectivity index (χ2v) is 8.66. The standard InChI is InChI=1S/C24H27N3O3S/c28-23(25-17-20(21-10-6-14-30-21)27-12-4-5-13-27)19(16-18-8-2-1-3-9-18)26-24(29)22-11-7-15-31-22/h1-3,6-11,14-15,19-20H,4-5,12-13,16-17H2,(H,25,28)(H,26,29). The smallest absolute Gasteiger partial charge is 0.262 e. The van der Waals surface area contributed by atoms with Gasteiger partial charge in [0, 0.05) is 13.0 Å². The second kappa shape index (κ2) is 10.4. The van der Waals surface area contributed by atoms with E-state index in [0.29, 0.717) is 17.8 Å². The molecule has 1 aliphatic rings. The van der Waals surface area contributed by atoms with Crippen LogP contribution in [0.25, 0.3) is 0 Å². The van der Waals surface area contributed by atoms with E-state index in [4.69, 9.17) is 4.42 Å². The molecule has 2 unspecified atom stereocenters. The van der Waals surface area contributed by atoms with Gasteiger partial charge in [-0.15, -0.1) is 11.3 Å². The lowest BCUT2D eigenvalue weighted by Crippen LogP contribution is -2.49. The topological polar surface area (TPSA) is 74.6 Å². The zero-order valence-corrected chi connectivity index (χ0v) is 18.1. The maximum atomic E-state index is 13.2. The van der Waals surface area contributed by atoms with Gasteiger partial charge in [-0.2, -0.15) is 0 Å². The quantitative estimate of drug-likeness (QED) is 0.536. The first kappa shape index (κ1) is 21.3. The Bertz CT molecular complexity index is 951. The van der Waals surface area contributed by atoms with Crippen LogP contribution in [0.1, 0.15) is 39.9 Å². The van der Waals surface area contributed by atoms with E-state index in [9.17, 15) is 9.59 Å². The molecule has 0 aliphatic carbocycles. The molecule has 31 heavy (non-hydrogen) atoms. The highest BCUT2D eigenvalue weighted by atomic mass is 32.1. The highest BCUT2D eigenvalue weighted by Gasteiger charge is 2.28. The molecule has 1 aliphatic heterocycles. The van der Waals surface area contributed by atoms with Crippen molar-refractivity contribution in [2.24, 2.45) is 0 Å². The zero-order valence-electron chi connectivity index (χ0n) is 17.3. The number of nitrogens with zero attached hydrogens (tertiary/aromatic N) is 1. The molecule has 4 rings (SSSR count). The number of hydrogen-bond acceptors (Lipinski definition) is 5.